The summed E-state index contributed by atoms with van der Waals surface area (Å²) in [5, 5.41) is 3.66. The SMILES string of the molecule is COc1c(C)ccc(NC2CCN(C)CC2)c1C. The number of aryl methyl sites for hydroxylation is 1. The minimum Gasteiger partial charge on any atom is -0.496 e. The van der Waals surface area contributed by atoms with Gasteiger partial charge in [-0.25, -0.2) is 0 Å². The van der Waals surface area contributed by atoms with E-state index in [0.717, 1.165) is 5.75 Å². The zero-order valence-electron chi connectivity index (χ0n) is 11.9. The third-order valence-electron chi connectivity index (χ3n) is 3.89. The molecule has 1 heterocycles. The molecule has 0 saturated carbocycles. The summed E-state index contributed by atoms with van der Waals surface area (Å²) in [5.41, 5.74) is 3.63. The predicted molar refractivity (Wildman–Crippen MR) is 76.6 cm³/mol. The molecular weight excluding hydrogens is 224 g/mol. The molecule has 0 spiro atoms. The first kappa shape index (κ1) is 13.2. The lowest BCUT2D eigenvalue weighted by atomic mass is 10.0. The van der Waals surface area contributed by atoms with Gasteiger partial charge in [-0.2, -0.15) is 0 Å². The van der Waals surface area contributed by atoms with E-state index in [-0.39, 0.29) is 0 Å². The third kappa shape index (κ3) is 2.78. The number of likely N-dealkylation sites (tertiary alicyclic amines) is 1. The van der Waals surface area contributed by atoms with Crippen molar-refractivity contribution in [3.8, 4) is 5.75 Å². The largest absolute Gasteiger partial charge is 0.496 e. The number of anilines is 1. The first-order valence-electron chi connectivity index (χ1n) is 6.71. The monoisotopic (exact) mass is 248 g/mol. The van der Waals surface area contributed by atoms with Gasteiger partial charge in [-0.15, -0.1) is 0 Å². The van der Waals surface area contributed by atoms with E-state index in [9.17, 15) is 0 Å². The minimum absolute atomic E-state index is 0.590. The summed E-state index contributed by atoms with van der Waals surface area (Å²) in [6, 6.07) is 4.89. The molecule has 0 unspecified atom stereocenters. The van der Waals surface area contributed by atoms with Crippen molar-refractivity contribution in [1.29, 1.82) is 0 Å². The van der Waals surface area contributed by atoms with Crippen LogP contribution in [0.3, 0.4) is 0 Å². The van der Waals surface area contributed by atoms with Gasteiger partial charge in [0, 0.05) is 17.3 Å². The molecule has 3 nitrogen and oxygen atoms in total. The van der Waals surface area contributed by atoms with E-state index in [2.05, 4.69) is 43.2 Å². The second-order valence-electron chi connectivity index (χ2n) is 5.31. The molecule has 0 aliphatic carbocycles. The van der Waals surface area contributed by atoms with E-state index < -0.39 is 0 Å². The van der Waals surface area contributed by atoms with Crippen LogP contribution in [0.4, 0.5) is 5.69 Å². The molecule has 0 bridgehead atoms. The zero-order chi connectivity index (χ0) is 13.1. The molecule has 0 radical (unpaired) electrons. The number of ether oxygens (including phenoxy) is 1. The smallest absolute Gasteiger partial charge is 0.126 e. The van der Waals surface area contributed by atoms with Crippen molar-refractivity contribution in [2.45, 2.75) is 32.7 Å². The van der Waals surface area contributed by atoms with Gasteiger partial charge in [0.25, 0.3) is 0 Å². The Kier molecular flexibility index (Phi) is 4.12. The number of methoxy groups -OCH3 is 1. The Balaban J connectivity index is 2.10. The number of nitrogens with one attached hydrogen (secondary N) is 1. The third-order valence-corrected chi connectivity index (χ3v) is 3.89. The first-order valence-corrected chi connectivity index (χ1v) is 6.71. The van der Waals surface area contributed by atoms with Gasteiger partial charge in [0.2, 0.25) is 0 Å². The van der Waals surface area contributed by atoms with Crippen LogP contribution in [0.5, 0.6) is 5.75 Å². The molecule has 1 aromatic carbocycles. The zero-order valence-corrected chi connectivity index (χ0v) is 11.9. The minimum atomic E-state index is 0.590. The number of benzene rings is 1. The van der Waals surface area contributed by atoms with Gasteiger partial charge < -0.3 is 15.0 Å². The van der Waals surface area contributed by atoms with Crippen molar-refractivity contribution in [3.05, 3.63) is 23.3 Å². The van der Waals surface area contributed by atoms with Crippen molar-refractivity contribution in [2.24, 2.45) is 0 Å². The van der Waals surface area contributed by atoms with Crippen LogP contribution in [0, 0.1) is 13.8 Å². The Bertz CT molecular complexity index is 409. The van der Waals surface area contributed by atoms with Crippen molar-refractivity contribution < 1.29 is 4.74 Å². The standard InChI is InChI=1S/C15H24N2O/c1-11-5-6-14(12(2)15(11)18-4)16-13-7-9-17(3)10-8-13/h5-6,13,16H,7-10H2,1-4H3. The van der Waals surface area contributed by atoms with E-state index in [1.165, 1.54) is 42.7 Å². The van der Waals surface area contributed by atoms with Gasteiger partial charge in [0.05, 0.1) is 7.11 Å². The van der Waals surface area contributed by atoms with E-state index in [1.54, 1.807) is 7.11 Å². The average Bonchev–Trinajstić information content (AvgIpc) is 2.36. The highest BCUT2D eigenvalue weighted by Crippen LogP contribution is 2.30. The van der Waals surface area contributed by atoms with Crippen LogP contribution in [0.15, 0.2) is 12.1 Å². The van der Waals surface area contributed by atoms with E-state index >= 15 is 0 Å². The van der Waals surface area contributed by atoms with E-state index in [0.29, 0.717) is 6.04 Å². The number of nitrogens with zero attached hydrogens (tertiary/aromatic N) is 1. The molecule has 18 heavy (non-hydrogen) atoms. The molecule has 1 aliphatic heterocycles. The van der Waals surface area contributed by atoms with Crippen LogP contribution in [-0.2, 0) is 0 Å². The topological polar surface area (TPSA) is 24.5 Å². The first-order chi connectivity index (χ1) is 8.61. The second-order valence-corrected chi connectivity index (χ2v) is 5.31. The van der Waals surface area contributed by atoms with Crippen molar-refractivity contribution >= 4 is 5.69 Å². The van der Waals surface area contributed by atoms with Crippen LogP contribution in [0.1, 0.15) is 24.0 Å². The van der Waals surface area contributed by atoms with Gasteiger partial charge >= 0.3 is 0 Å². The van der Waals surface area contributed by atoms with E-state index in [4.69, 9.17) is 4.74 Å². The van der Waals surface area contributed by atoms with Gasteiger partial charge in [-0.3, -0.25) is 0 Å². The molecule has 3 heteroatoms. The highest BCUT2D eigenvalue weighted by molar-refractivity contribution is 5.60. The van der Waals surface area contributed by atoms with Gasteiger partial charge in [0.15, 0.2) is 0 Å². The van der Waals surface area contributed by atoms with Crippen LogP contribution in [0.25, 0.3) is 0 Å². The maximum absolute atomic E-state index is 5.47. The van der Waals surface area contributed by atoms with Crippen LogP contribution < -0.4 is 10.1 Å². The quantitative estimate of drug-likeness (QED) is 0.890. The van der Waals surface area contributed by atoms with Gasteiger partial charge in [-0.05, 0) is 58.5 Å². The summed E-state index contributed by atoms with van der Waals surface area (Å²) in [5.74, 6) is 1.01. The number of hydrogen-bond acceptors (Lipinski definition) is 3. The maximum Gasteiger partial charge on any atom is 0.126 e. The average molecular weight is 248 g/mol. The molecule has 0 amide bonds. The lowest BCUT2D eigenvalue weighted by Gasteiger charge is -2.30. The Morgan fingerprint density at radius 3 is 2.50 bits per heavy atom. The summed E-state index contributed by atoms with van der Waals surface area (Å²) in [6.45, 7) is 6.58. The van der Waals surface area contributed by atoms with Crippen molar-refractivity contribution in [2.75, 3.05) is 32.6 Å². The molecular formula is C15H24N2O. The maximum atomic E-state index is 5.47. The fraction of sp³-hybridized carbons (Fsp3) is 0.600. The summed E-state index contributed by atoms with van der Waals surface area (Å²) in [4.78, 5) is 2.39. The fourth-order valence-corrected chi connectivity index (χ4v) is 2.67. The normalized spacial score (nSPS) is 17.8. The number of rotatable bonds is 3. The Morgan fingerprint density at radius 2 is 1.89 bits per heavy atom. The Labute approximate surface area is 110 Å². The molecule has 1 aliphatic rings. The van der Waals surface area contributed by atoms with Crippen molar-refractivity contribution in [1.82, 2.24) is 4.90 Å². The molecule has 1 fully saturated rings. The summed E-state index contributed by atoms with van der Waals surface area (Å²) >= 11 is 0. The predicted octanol–water partition coefficient (Wildman–Crippen LogP) is 2.82. The number of piperidine rings is 1. The molecule has 0 aromatic heterocycles. The lowest BCUT2D eigenvalue weighted by Crippen LogP contribution is -2.36. The summed E-state index contributed by atoms with van der Waals surface area (Å²) in [6.07, 6.45) is 2.43. The molecule has 1 N–H and O–H groups in total. The van der Waals surface area contributed by atoms with Gasteiger partial charge in [0.1, 0.15) is 5.75 Å². The van der Waals surface area contributed by atoms with E-state index in [1.807, 2.05) is 0 Å². The fourth-order valence-electron chi connectivity index (χ4n) is 2.67. The van der Waals surface area contributed by atoms with Crippen LogP contribution in [0.2, 0.25) is 0 Å². The second kappa shape index (κ2) is 5.61. The molecule has 1 saturated heterocycles. The highest BCUT2D eigenvalue weighted by atomic mass is 16.5. The molecule has 1 aromatic rings. The molecule has 100 valence electrons. The van der Waals surface area contributed by atoms with Crippen LogP contribution in [-0.4, -0.2) is 38.2 Å². The number of hydrogen-bond donors (Lipinski definition) is 1. The Hall–Kier alpha value is -1.22. The Morgan fingerprint density at radius 1 is 1.22 bits per heavy atom. The summed E-state index contributed by atoms with van der Waals surface area (Å²) in [7, 11) is 3.94. The molecule has 2 rings (SSSR count). The summed E-state index contributed by atoms with van der Waals surface area (Å²) < 4.78 is 5.47. The lowest BCUT2D eigenvalue weighted by molar-refractivity contribution is 0.264. The van der Waals surface area contributed by atoms with Gasteiger partial charge in [-0.1, -0.05) is 6.07 Å². The van der Waals surface area contributed by atoms with Crippen molar-refractivity contribution in [3.63, 3.8) is 0 Å². The van der Waals surface area contributed by atoms with Crippen LogP contribution >= 0.6 is 0 Å². The molecule has 0 atom stereocenters. The highest BCUT2D eigenvalue weighted by Gasteiger charge is 2.17.